The molecule has 1 aliphatic rings. The Labute approximate surface area is 104 Å². The molecule has 1 aliphatic carbocycles. The molecule has 2 atom stereocenters. The Kier molecular flexibility index (Phi) is 6.20. The molecule has 0 aromatic heterocycles. The molecule has 0 aliphatic heterocycles. The maximum atomic E-state index is 9.70. The lowest BCUT2D eigenvalue weighted by molar-refractivity contribution is 0.223. The van der Waals surface area contributed by atoms with Crippen molar-refractivity contribution < 1.29 is 8.39 Å². The van der Waals surface area contributed by atoms with Gasteiger partial charge in [0.1, 0.15) is 0 Å². The van der Waals surface area contributed by atoms with E-state index in [0.29, 0.717) is 10.8 Å². The summed E-state index contributed by atoms with van der Waals surface area (Å²) in [4.78, 5) is 0. The van der Waals surface area contributed by atoms with Crippen LogP contribution in [0.5, 0.6) is 0 Å². The molecule has 0 bridgehead atoms. The zero-order chi connectivity index (χ0) is 13.0. The molecule has 0 aromatic rings. The van der Waals surface area contributed by atoms with E-state index in [-0.39, 0.29) is 0 Å². The van der Waals surface area contributed by atoms with E-state index in [1.165, 1.54) is 32.6 Å². The minimum atomic E-state index is -1.07. The number of hydrogen-bond acceptors (Lipinski definition) is 2. The van der Waals surface area contributed by atoms with Gasteiger partial charge in [0.25, 0.3) is 0 Å². The van der Waals surface area contributed by atoms with Gasteiger partial charge in [-0.15, -0.1) is 0 Å². The molecule has 0 N–H and O–H groups in total. The van der Waals surface area contributed by atoms with Crippen LogP contribution in [0.1, 0.15) is 53.9 Å². The van der Waals surface area contributed by atoms with Crippen LogP contribution < -0.4 is 0 Å². The monoisotopic (exact) mass is 248 g/mol. The van der Waals surface area contributed by atoms with E-state index in [4.69, 9.17) is 0 Å². The van der Waals surface area contributed by atoms with Crippen LogP contribution in [0.15, 0.2) is 0 Å². The molecule has 0 radical (unpaired) electrons. The van der Waals surface area contributed by atoms with Gasteiger partial charge >= 0.3 is 0 Å². The predicted octanol–water partition coefficient (Wildman–Crippen LogP) is 3.79. The van der Waals surface area contributed by atoms with E-state index < -0.39 is 11.1 Å². The smallest absolute Gasteiger partial charge is 0.151 e. The van der Waals surface area contributed by atoms with Crippen molar-refractivity contribution in [2.24, 2.45) is 16.7 Å². The van der Waals surface area contributed by atoms with Gasteiger partial charge in [-0.3, -0.25) is 4.18 Å². The first-order valence-electron chi connectivity index (χ1n) is 5.96. The predicted molar refractivity (Wildman–Crippen MR) is 71.7 cm³/mol. The molecule has 1 fully saturated rings. The molecule has 0 heterocycles. The van der Waals surface area contributed by atoms with Gasteiger partial charge in [-0.1, -0.05) is 34.6 Å². The maximum absolute atomic E-state index is 9.70. The van der Waals surface area contributed by atoms with Crippen molar-refractivity contribution in [2.45, 2.75) is 53.9 Å². The topological polar surface area (TPSA) is 26.3 Å². The fourth-order valence-corrected chi connectivity index (χ4v) is 2.18. The highest BCUT2D eigenvalue weighted by Crippen LogP contribution is 2.48. The largest absolute Gasteiger partial charge is 0.294 e. The Bertz CT molecular complexity index is 229. The lowest BCUT2D eigenvalue weighted by Crippen LogP contribution is -2.18. The van der Waals surface area contributed by atoms with Crippen molar-refractivity contribution in [1.29, 1.82) is 0 Å². The summed E-state index contributed by atoms with van der Waals surface area (Å²) in [6, 6.07) is 0. The van der Waals surface area contributed by atoms with Crippen LogP contribution in [0.3, 0.4) is 0 Å². The van der Waals surface area contributed by atoms with Gasteiger partial charge in [0.05, 0.1) is 7.11 Å². The van der Waals surface area contributed by atoms with Crippen LogP contribution in [-0.4, -0.2) is 17.6 Å². The van der Waals surface area contributed by atoms with Crippen LogP contribution in [0.2, 0.25) is 0 Å². The van der Waals surface area contributed by atoms with Crippen molar-refractivity contribution in [1.82, 2.24) is 0 Å². The van der Waals surface area contributed by atoms with Crippen molar-refractivity contribution in [3.63, 3.8) is 0 Å². The van der Waals surface area contributed by atoms with Crippen LogP contribution >= 0.6 is 0 Å². The molecule has 1 rings (SSSR count). The molecule has 0 aromatic carbocycles. The first-order valence-corrected chi connectivity index (χ1v) is 7.45. The zero-order valence-corrected chi connectivity index (χ0v) is 12.7. The molecule has 0 amide bonds. The molecule has 2 unspecified atom stereocenters. The van der Waals surface area contributed by atoms with Crippen molar-refractivity contribution >= 4 is 11.1 Å². The van der Waals surface area contributed by atoms with Crippen molar-refractivity contribution in [2.75, 3.05) is 13.4 Å². The molecule has 16 heavy (non-hydrogen) atoms. The summed E-state index contributed by atoms with van der Waals surface area (Å²) in [5.41, 5.74) is 1.16. The van der Waals surface area contributed by atoms with Gasteiger partial charge < -0.3 is 0 Å². The molecule has 0 saturated heterocycles. The first-order chi connectivity index (χ1) is 7.08. The molecule has 98 valence electrons. The van der Waals surface area contributed by atoms with Crippen molar-refractivity contribution in [3.05, 3.63) is 0 Å². The van der Waals surface area contributed by atoms with Gasteiger partial charge in [-0.25, -0.2) is 4.21 Å². The summed E-state index contributed by atoms with van der Waals surface area (Å²) < 4.78 is 13.9. The molecule has 2 nitrogen and oxygen atoms in total. The number of hydrogen-bond donors (Lipinski definition) is 0. The van der Waals surface area contributed by atoms with Crippen LogP contribution in [0.4, 0.5) is 0 Å². The molecule has 3 heteroatoms. The average Bonchev–Trinajstić information content (AvgIpc) is 2.46. The highest BCUT2D eigenvalue weighted by atomic mass is 32.2. The molecular formula is C13H28O2S. The molecule has 1 saturated carbocycles. The third-order valence-corrected chi connectivity index (χ3v) is 3.90. The van der Waals surface area contributed by atoms with Gasteiger partial charge in [0.2, 0.25) is 0 Å². The Morgan fingerprint density at radius 1 is 1.31 bits per heavy atom. The maximum Gasteiger partial charge on any atom is 0.151 e. The second-order valence-corrected chi connectivity index (χ2v) is 7.67. The van der Waals surface area contributed by atoms with E-state index in [0.717, 1.165) is 5.92 Å². The van der Waals surface area contributed by atoms with E-state index >= 15 is 0 Å². The standard InChI is InChI=1S/C11H22.C2H6O2S/c1-10(2,3)9-6-7-11(4,5)8-9;1-4-5(2)3/h9H,6-8H2,1-5H3;1-2H3. The lowest BCUT2D eigenvalue weighted by atomic mass is 9.78. The highest BCUT2D eigenvalue weighted by Gasteiger charge is 2.36. The van der Waals surface area contributed by atoms with E-state index in [1.54, 1.807) is 0 Å². The van der Waals surface area contributed by atoms with E-state index in [2.05, 4.69) is 38.8 Å². The molecular weight excluding hydrogens is 220 g/mol. The summed E-state index contributed by atoms with van der Waals surface area (Å²) in [7, 11) is 1.40. The Morgan fingerprint density at radius 2 is 1.75 bits per heavy atom. The van der Waals surface area contributed by atoms with Gasteiger partial charge in [0, 0.05) is 6.26 Å². The third-order valence-electron chi connectivity index (χ3n) is 3.43. The minimum absolute atomic E-state index is 0.535. The highest BCUT2D eigenvalue weighted by molar-refractivity contribution is 7.79. The normalized spacial score (nSPS) is 25.8. The van der Waals surface area contributed by atoms with Crippen LogP contribution in [0.25, 0.3) is 0 Å². The fourth-order valence-electron chi connectivity index (χ4n) is 2.18. The van der Waals surface area contributed by atoms with Crippen LogP contribution in [-0.2, 0) is 15.3 Å². The summed E-state index contributed by atoms with van der Waals surface area (Å²) >= 11 is -1.07. The summed E-state index contributed by atoms with van der Waals surface area (Å²) in [5.74, 6) is 0.956. The number of rotatable bonds is 1. The first kappa shape index (κ1) is 16.1. The lowest BCUT2D eigenvalue weighted by Gasteiger charge is -2.28. The summed E-state index contributed by atoms with van der Waals surface area (Å²) in [5, 5.41) is 0. The average molecular weight is 248 g/mol. The quantitative estimate of drug-likeness (QED) is 0.706. The van der Waals surface area contributed by atoms with Gasteiger partial charge in [0.15, 0.2) is 11.1 Å². The van der Waals surface area contributed by atoms with Gasteiger partial charge in [-0.05, 0) is 36.0 Å². The minimum Gasteiger partial charge on any atom is -0.294 e. The SMILES string of the molecule is CC1(C)CCC(C(C)(C)C)C1.COS(C)=O. The zero-order valence-electron chi connectivity index (χ0n) is 11.9. The second-order valence-electron chi connectivity index (χ2n) is 6.54. The third kappa shape index (κ3) is 6.64. The Morgan fingerprint density at radius 3 is 1.88 bits per heavy atom. The van der Waals surface area contributed by atoms with Gasteiger partial charge in [-0.2, -0.15) is 0 Å². The van der Waals surface area contributed by atoms with E-state index in [1.807, 2.05) is 0 Å². The van der Waals surface area contributed by atoms with E-state index in [9.17, 15) is 4.21 Å². The van der Waals surface area contributed by atoms with Crippen LogP contribution in [0, 0.1) is 16.7 Å². The summed E-state index contributed by atoms with van der Waals surface area (Å²) in [6.45, 7) is 11.9. The second kappa shape index (κ2) is 6.15. The molecule has 0 spiro atoms. The Hall–Kier alpha value is 0.110. The fraction of sp³-hybridized carbons (Fsp3) is 1.00. The summed E-state index contributed by atoms with van der Waals surface area (Å²) in [6.07, 6.45) is 5.77. The van der Waals surface area contributed by atoms with Crippen molar-refractivity contribution in [3.8, 4) is 0 Å². The Balaban J connectivity index is 0.000000385.